The van der Waals surface area contributed by atoms with Crippen molar-refractivity contribution in [2.45, 2.75) is 38.5 Å². The van der Waals surface area contributed by atoms with E-state index in [0.717, 1.165) is 33.5 Å². The molecule has 0 N–H and O–H groups in total. The van der Waals surface area contributed by atoms with Gasteiger partial charge in [-0.1, -0.05) is 191 Å². The van der Waals surface area contributed by atoms with E-state index in [9.17, 15) is 0 Å². The van der Waals surface area contributed by atoms with Crippen LogP contribution in [0.3, 0.4) is 0 Å². The SMILES string of the molecule is CC1(C)c2ccccc2-c2ccc(-c3cccc(-c4cc(-c5ccc(-c6cccc7c6-c6cc8ccccc8cc6C7(C)C)c6ccccc56)nc(-c5ccccc5)n4)c3)cc21. The lowest BCUT2D eigenvalue weighted by atomic mass is 9.81. The predicted octanol–water partition coefficient (Wildman–Crippen LogP) is 15.7. The maximum Gasteiger partial charge on any atom is 0.160 e. The van der Waals surface area contributed by atoms with Crippen LogP contribution in [0.5, 0.6) is 0 Å². The highest BCUT2D eigenvalue weighted by Gasteiger charge is 2.38. The van der Waals surface area contributed by atoms with E-state index >= 15 is 0 Å². The van der Waals surface area contributed by atoms with E-state index in [1.54, 1.807) is 0 Å². The van der Waals surface area contributed by atoms with Crippen LogP contribution in [0.1, 0.15) is 49.9 Å². The third-order valence-electron chi connectivity index (χ3n) is 13.9. The van der Waals surface area contributed by atoms with Crippen LogP contribution < -0.4 is 0 Å². The van der Waals surface area contributed by atoms with Crippen LogP contribution in [0.15, 0.2) is 194 Å². The fraction of sp³-hybridized carbons (Fsp3) is 0.100. The zero-order valence-electron chi connectivity index (χ0n) is 35.4. The first kappa shape index (κ1) is 36.4. The molecule has 0 bridgehead atoms. The van der Waals surface area contributed by atoms with Gasteiger partial charge in [0.25, 0.3) is 0 Å². The molecule has 0 saturated heterocycles. The molecule has 0 saturated carbocycles. The van der Waals surface area contributed by atoms with Gasteiger partial charge in [0.15, 0.2) is 5.82 Å². The minimum absolute atomic E-state index is 0.0689. The van der Waals surface area contributed by atoms with Crippen LogP contribution in [-0.2, 0) is 10.8 Å². The van der Waals surface area contributed by atoms with Gasteiger partial charge in [0.1, 0.15) is 0 Å². The maximum absolute atomic E-state index is 5.33. The van der Waals surface area contributed by atoms with Crippen molar-refractivity contribution >= 4 is 21.5 Å². The van der Waals surface area contributed by atoms with E-state index in [-0.39, 0.29) is 10.8 Å². The average Bonchev–Trinajstić information content (AvgIpc) is 3.69. The fourth-order valence-electron chi connectivity index (χ4n) is 10.6. The second-order valence-electron chi connectivity index (χ2n) is 18.1. The van der Waals surface area contributed by atoms with E-state index in [0.29, 0.717) is 5.82 Å². The number of hydrogen-bond donors (Lipinski definition) is 0. The number of rotatable bonds is 5. The Morgan fingerprint density at radius 2 is 0.855 bits per heavy atom. The Hall–Kier alpha value is -7.42. The Bertz CT molecular complexity index is 3460. The molecular formula is C60H44N2. The lowest BCUT2D eigenvalue weighted by molar-refractivity contribution is 0.660. The summed E-state index contributed by atoms with van der Waals surface area (Å²) in [5.41, 5.74) is 20.4. The van der Waals surface area contributed by atoms with Gasteiger partial charge in [0, 0.05) is 27.5 Å². The van der Waals surface area contributed by atoms with Crippen LogP contribution in [0.4, 0.5) is 0 Å². The van der Waals surface area contributed by atoms with Crippen molar-refractivity contribution in [3.8, 4) is 78.4 Å². The summed E-state index contributed by atoms with van der Waals surface area (Å²) in [6.07, 6.45) is 0. The van der Waals surface area contributed by atoms with E-state index in [2.05, 4.69) is 216 Å². The Morgan fingerprint density at radius 3 is 1.69 bits per heavy atom. The van der Waals surface area contributed by atoms with Gasteiger partial charge in [0.2, 0.25) is 0 Å². The summed E-state index contributed by atoms with van der Waals surface area (Å²) in [6, 6.07) is 71.1. The monoisotopic (exact) mass is 792 g/mol. The molecule has 0 radical (unpaired) electrons. The molecule has 294 valence electrons. The zero-order valence-corrected chi connectivity index (χ0v) is 35.4. The topological polar surface area (TPSA) is 25.8 Å². The second-order valence-corrected chi connectivity index (χ2v) is 18.1. The van der Waals surface area contributed by atoms with Crippen LogP contribution >= 0.6 is 0 Å². The molecule has 2 heteroatoms. The molecule has 1 heterocycles. The van der Waals surface area contributed by atoms with Gasteiger partial charge >= 0.3 is 0 Å². The van der Waals surface area contributed by atoms with Crippen LogP contribution in [0.25, 0.3) is 100.0 Å². The molecule has 0 amide bonds. The van der Waals surface area contributed by atoms with Crippen molar-refractivity contribution in [1.29, 1.82) is 0 Å². The highest BCUT2D eigenvalue weighted by Crippen LogP contribution is 2.54. The summed E-state index contributed by atoms with van der Waals surface area (Å²) in [6.45, 7) is 9.43. The third kappa shape index (κ3) is 5.49. The minimum Gasteiger partial charge on any atom is -0.228 e. The Labute approximate surface area is 363 Å². The highest BCUT2D eigenvalue weighted by molar-refractivity contribution is 6.08. The largest absolute Gasteiger partial charge is 0.228 e. The van der Waals surface area contributed by atoms with E-state index < -0.39 is 0 Å². The number of nitrogens with zero attached hydrogens (tertiary/aromatic N) is 2. The summed E-state index contributed by atoms with van der Waals surface area (Å²) in [7, 11) is 0. The summed E-state index contributed by atoms with van der Waals surface area (Å²) in [5.74, 6) is 0.709. The molecule has 2 aliphatic rings. The molecule has 0 unspecified atom stereocenters. The zero-order chi connectivity index (χ0) is 41.7. The number of aromatic nitrogens is 2. The first-order valence-corrected chi connectivity index (χ1v) is 21.7. The number of hydrogen-bond acceptors (Lipinski definition) is 2. The van der Waals surface area contributed by atoms with Crippen molar-refractivity contribution in [3.05, 3.63) is 216 Å². The summed E-state index contributed by atoms with van der Waals surface area (Å²) >= 11 is 0. The van der Waals surface area contributed by atoms with Gasteiger partial charge in [-0.05, 0) is 119 Å². The van der Waals surface area contributed by atoms with Crippen molar-refractivity contribution in [2.24, 2.45) is 0 Å². The standard InChI is InChI=1S/C60H44N2/c1-59(2)51-26-13-12-24-46(51)47-29-28-41(35-53(47)59)38-20-14-21-42(32-38)55-36-56(62-58(61-55)37-16-6-5-7-17-37)48-31-30-45(43-22-10-11-23-44(43)48)49-25-15-27-52-57(49)50-33-39-18-8-9-19-40(39)34-54(50)60(52,3)4/h5-36H,1-4H3. The molecule has 2 nitrogen and oxygen atoms in total. The van der Waals surface area contributed by atoms with Gasteiger partial charge in [-0.15, -0.1) is 0 Å². The first-order valence-electron chi connectivity index (χ1n) is 21.7. The smallest absolute Gasteiger partial charge is 0.160 e. The summed E-state index contributed by atoms with van der Waals surface area (Å²) in [5, 5.41) is 4.92. The Balaban J connectivity index is 1.00. The fourth-order valence-corrected chi connectivity index (χ4v) is 10.6. The van der Waals surface area contributed by atoms with Gasteiger partial charge in [-0.2, -0.15) is 0 Å². The average molecular weight is 793 g/mol. The lowest BCUT2D eigenvalue weighted by Gasteiger charge is -2.22. The van der Waals surface area contributed by atoms with Gasteiger partial charge in [-0.25, -0.2) is 9.97 Å². The van der Waals surface area contributed by atoms with Gasteiger partial charge in [0.05, 0.1) is 11.4 Å². The molecule has 0 atom stereocenters. The molecule has 10 aromatic rings. The second kappa shape index (κ2) is 13.5. The Morgan fingerprint density at radius 1 is 0.306 bits per heavy atom. The predicted molar refractivity (Wildman–Crippen MR) is 259 cm³/mol. The third-order valence-corrected chi connectivity index (χ3v) is 13.9. The van der Waals surface area contributed by atoms with E-state index in [1.165, 1.54) is 82.9 Å². The normalized spacial score (nSPS) is 14.1. The van der Waals surface area contributed by atoms with Crippen LogP contribution in [-0.4, -0.2) is 9.97 Å². The molecule has 0 fully saturated rings. The van der Waals surface area contributed by atoms with Crippen molar-refractivity contribution < 1.29 is 0 Å². The summed E-state index contributed by atoms with van der Waals surface area (Å²) < 4.78 is 0. The molecule has 9 aromatic carbocycles. The maximum atomic E-state index is 5.33. The molecule has 0 spiro atoms. The lowest BCUT2D eigenvalue weighted by Crippen LogP contribution is -2.14. The van der Waals surface area contributed by atoms with Crippen molar-refractivity contribution in [1.82, 2.24) is 9.97 Å². The number of benzene rings is 9. The highest BCUT2D eigenvalue weighted by atomic mass is 14.9. The quantitative estimate of drug-likeness (QED) is 0.173. The van der Waals surface area contributed by atoms with Gasteiger partial charge in [-0.3, -0.25) is 0 Å². The minimum atomic E-state index is -0.119. The van der Waals surface area contributed by atoms with Crippen molar-refractivity contribution in [3.63, 3.8) is 0 Å². The van der Waals surface area contributed by atoms with Gasteiger partial charge < -0.3 is 0 Å². The first-order chi connectivity index (χ1) is 30.2. The molecule has 12 rings (SSSR count). The summed E-state index contributed by atoms with van der Waals surface area (Å²) in [4.78, 5) is 10.6. The molecule has 0 aliphatic heterocycles. The molecular weight excluding hydrogens is 749 g/mol. The van der Waals surface area contributed by atoms with Crippen LogP contribution in [0.2, 0.25) is 0 Å². The number of fused-ring (bicyclic) bond motifs is 8. The Kier molecular flexibility index (Phi) is 7.96. The van der Waals surface area contributed by atoms with E-state index in [1.807, 2.05) is 6.07 Å². The van der Waals surface area contributed by atoms with E-state index in [4.69, 9.17) is 9.97 Å². The molecule has 62 heavy (non-hydrogen) atoms. The van der Waals surface area contributed by atoms with Crippen molar-refractivity contribution in [2.75, 3.05) is 0 Å². The van der Waals surface area contributed by atoms with Crippen LogP contribution in [0, 0.1) is 0 Å². The molecule has 2 aliphatic carbocycles. The molecule has 1 aromatic heterocycles.